The lowest BCUT2D eigenvalue weighted by Gasteiger charge is -2.41. The number of benzene rings is 1. The van der Waals surface area contributed by atoms with Gasteiger partial charge >= 0.3 is 6.18 Å². The number of likely N-dealkylation sites (N-methyl/N-ethyl adjacent to an activating group) is 2. The van der Waals surface area contributed by atoms with Crippen molar-refractivity contribution >= 4 is 41.1 Å². The third-order valence-electron chi connectivity index (χ3n) is 9.18. The number of halogens is 5. The van der Waals surface area contributed by atoms with Gasteiger partial charge in [-0.15, -0.1) is 6.58 Å². The number of aldehydes is 1. The zero-order valence-electron chi connectivity index (χ0n) is 34.0. The van der Waals surface area contributed by atoms with Crippen molar-refractivity contribution in [3.63, 3.8) is 0 Å². The second-order valence-corrected chi connectivity index (χ2v) is 13.2. The Bertz CT molecular complexity index is 1670. The maximum absolute atomic E-state index is 14.3. The van der Waals surface area contributed by atoms with Crippen LogP contribution in [-0.4, -0.2) is 92.1 Å². The zero-order chi connectivity index (χ0) is 42.6. The monoisotopic (exact) mass is 807 g/mol. The van der Waals surface area contributed by atoms with Crippen LogP contribution in [0.15, 0.2) is 95.1 Å². The van der Waals surface area contributed by atoms with Crippen molar-refractivity contribution < 1.29 is 36.7 Å². The Balaban J connectivity index is 0.000000723. The van der Waals surface area contributed by atoms with Crippen LogP contribution in [0.1, 0.15) is 72.8 Å². The number of nitrogens with one attached hydrogen (secondary N) is 1. The molecule has 2 amide bonds. The minimum Gasteiger partial charge on any atom is -0.387 e. The standard InChI is InChI=1S/C29H39FN4O4.C8H7ClF3N.C3H6.C2H6/c1-6-8-21(3)27(36)34-13-11-29(12-14-34)19-24(20-30)26(33(7-2)15-16-35)25(29)28(37)32(5)31-22(4)23-9-17-38-18-10-23;1-13-7-3-2-5(4-6(7)9)8(10,11)12;1-3-2;1-2/h6,8-9,16,20H,3,7,10-15,17-19H2,1-2,4-5H3;2-4,13H,1H3;3H,1H2,2H3;1-2H3/b8-6-,24-20+,31-22+;;;. The molecule has 1 aromatic rings. The van der Waals surface area contributed by atoms with Crippen molar-refractivity contribution in [3.05, 3.63) is 101 Å². The van der Waals surface area contributed by atoms with Crippen LogP contribution >= 0.6 is 11.6 Å². The molecule has 0 radical (unpaired) electrons. The van der Waals surface area contributed by atoms with Crippen molar-refractivity contribution in [2.75, 3.05) is 58.8 Å². The Morgan fingerprint density at radius 1 is 1.18 bits per heavy atom. The van der Waals surface area contributed by atoms with Crippen molar-refractivity contribution in [1.82, 2.24) is 14.8 Å². The highest BCUT2D eigenvalue weighted by Crippen LogP contribution is 2.54. The van der Waals surface area contributed by atoms with Gasteiger partial charge in [-0.05, 0) is 77.2 Å². The first-order valence-electron chi connectivity index (χ1n) is 18.6. The second-order valence-electron chi connectivity index (χ2n) is 12.8. The smallest absolute Gasteiger partial charge is 0.387 e. The van der Waals surface area contributed by atoms with E-state index in [1.807, 2.05) is 47.6 Å². The summed E-state index contributed by atoms with van der Waals surface area (Å²) in [6, 6.07) is 3.18. The number of carbonyl (C=O) groups is 3. The summed E-state index contributed by atoms with van der Waals surface area (Å²) in [6.07, 6.45) is 6.16. The van der Waals surface area contributed by atoms with Gasteiger partial charge in [-0.25, -0.2) is 9.40 Å². The molecule has 1 aliphatic carbocycles. The Hall–Kier alpha value is -4.49. The summed E-state index contributed by atoms with van der Waals surface area (Å²) in [5, 5.41) is 8.65. The Morgan fingerprint density at radius 3 is 2.27 bits per heavy atom. The minimum atomic E-state index is -4.34. The Labute approximate surface area is 335 Å². The fourth-order valence-corrected chi connectivity index (χ4v) is 6.76. The number of hydrogen-bond acceptors (Lipinski definition) is 7. The normalized spacial score (nSPS) is 17.1. The lowest BCUT2D eigenvalue weighted by molar-refractivity contribution is -0.137. The maximum atomic E-state index is 14.3. The molecule has 0 bridgehead atoms. The third kappa shape index (κ3) is 13.3. The van der Waals surface area contributed by atoms with E-state index in [0.29, 0.717) is 86.5 Å². The number of hydrazone groups is 1. The summed E-state index contributed by atoms with van der Waals surface area (Å²) < 4.78 is 56.1. The number of anilines is 1. The molecule has 4 rings (SSSR count). The highest BCUT2D eigenvalue weighted by Gasteiger charge is 2.50. The highest BCUT2D eigenvalue weighted by molar-refractivity contribution is 6.33. The largest absolute Gasteiger partial charge is 0.416 e. The molecular formula is C42H58ClF4N5O4. The zero-order valence-corrected chi connectivity index (χ0v) is 34.7. The van der Waals surface area contributed by atoms with Gasteiger partial charge in [0, 0.05) is 55.9 Å². The number of ether oxygens (including phenoxy) is 1. The molecule has 0 unspecified atom stereocenters. The predicted molar refractivity (Wildman–Crippen MR) is 219 cm³/mol. The van der Waals surface area contributed by atoms with E-state index in [2.05, 4.69) is 23.6 Å². The van der Waals surface area contributed by atoms with Crippen molar-refractivity contribution in [3.8, 4) is 0 Å². The first-order chi connectivity index (χ1) is 26.6. The van der Waals surface area contributed by atoms with Gasteiger partial charge in [-0.1, -0.05) is 56.3 Å². The van der Waals surface area contributed by atoms with Gasteiger partial charge in [0.1, 0.15) is 6.29 Å². The SMILES string of the molecule is C=C(/C=C\C)C(=O)N1CCC2(CC1)C/C(=C\F)C(N(CC)CC=O)=C2C(=O)N(C)/N=C(\C)C1=CCOCC1.C=CC.CC.CNc1ccc(C(F)(F)F)cc1Cl. The summed E-state index contributed by atoms with van der Waals surface area (Å²) in [5.74, 6) is -0.473. The molecule has 1 aromatic carbocycles. The number of nitrogens with zero attached hydrogens (tertiary/aromatic N) is 4. The van der Waals surface area contributed by atoms with Crippen molar-refractivity contribution in [2.24, 2.45) is 10.5 Å². The number of piperidine rings is 1. The van der Waals surface area contributed by atoms with Crippen LogP contribution in [0.2, 0.25) is 5.02 Å². The van der Waals surface area contributed by atoms with Gasteiger partial charge < -0.3 is 24.6 Å². The van der Waals surface area contributed by atoms with Crippen molar-refractivity contribution in [1.29, 1.82) is 0 Å². The third-order valence-corrected chi connectivity index (χ3v) is 9.49. The van der Waals surface area contributed by atoms with Crippen LogP contribution in [0.3, 0.4) is 0 Å². The van der Waals surface area contributed by atoms with Gasteiger partial charge in [0.15, 0.2) is 0 Å². The molecule has 56 heavy (non-hydrogen) atoms. The highest BCUT2D eigenvalue weighted by atomic mass is 35.5. The van der Waals surface area contributed by atoms with E-state index in [0.717, 1.165) is 36.1 Å². The fraction of sp³-hybridized carbons (Fsp3) is 0.476. The Kier molecular flexibility index (Phi) is 21.4. The van der Waals surface area contributed by atoms with Crippen LogP contribution in [0.4, 0.5) is 23.2 Å². The minimum absolute atomic E-state index is 0.0444. The molecule has 3 aliphatic rings. The van der Waals surface area contributed by atoms with Gasteiger partial charge in [0.2, 0.25) is 0 Å². The van der Waals surface area contributed by atoms with E-state index < -0.39 is 17.2 Å². The average Bonchev–Trinajstić information content (AvgIpc) is 3.50. The van der Waals surface area contributed by atoms with Crippen LogP contribution in [0.25, 0.3) is 0 Å². The van der Waals surface area contributed by atoms with E-state index in [4.69, 9.17) is 16.3 Å². The molecule has 0 saturated carbocycles. The molecule has 14 heteroatoms. The molecule has 1 saturated heterocycles. The van der Waals surface area contributed by atoms with Crippen LogP contribution in [-0.2, 0) is 25.3 Å². The summed E-state index contributed by atoms with van der Waals surface area (Å²) in [5.41, 5.74) is 2.56. The van der Waals surface area contributed by atoms with Crippen LogP contribution in [0, 0.1) is 5.41 Å². The molecule has 2 heterocycles. The molecule has 9 nitrogen and oxygen atoms in total. The van der Waals surface area contributed by atoms with Gasteiger partial charge in [-0.2, -0.15) is 18.3 Å². The first kappa shape index (κ1) is 49.5. The molecular weight excluding hydrogens is 750 g/mol. The summed E-state index contributed by atoms with van der Waals surface area (Å²) in [7, 11) is 3.20. The quantitative estimate of drug-likeness (QED) is 0.0482. The van der Waals surface area contributed by atoms with Gasteiger partial charge in [0.25, 0.3) is 11.8 Å². The summed E-state index contributed by atoms with van der Waals surface area (Å²) >= 11 is 5.57. The summed E-state index contributed by atoms with van der Waals surface area (Å²) in [6.45, 7) is 21.1. The Morgan fingerprint density at radius 2 is 1.80 bits per heavy atom. The summed E-state index contributed by atoms with van der Waals surface area (Å²) in [4.78, 5) is 41.9. The number of rotatable bonds is 10. The van der Waals surface area contributed by atoms with E-state index in [-0.39, 0.29) is 23.4 Å². The predicted octanol–water partition coefficient (Wildman–Crippen LogP) is 9.56. The van der Waals surface area contributed by atoms with Crippen LogP contribution in [0.5, 0.6) is 0 Å². The first-order valence-corrected chi connectivity index (χ1v) is 19.0. The lowest BCUT2D eigenvalue weighted by atomic mass is 9.72. The van der Waals surface area contributed by atoms with E-state index >= 15 is 0 Å². The van der Waals surface area contributed by atoms with Gasteiger partial charge in [0.05, 0.1) is 53.8 Å². The molecule has 1 N–H and O–H groups in total. The number of carbonyl (C=O) groups excluding carboxylic acids is 3. The fourth-order valence-electron chi connectivity index (χ4n) is 6.48. The van der Waals surface area contributed by atoms with E-state index in [9.17, 15) is 31.9 Å². The van der Waals surface area contributed by atoms with Crippen molar-refractivity contribution in [2.45, 2.75) is 73.4 Å². The number of alkyl halides is 3. The topological polar surface area (TPSA) is 94.6 Å². The maximum Gasteiger partial charge on any atom is 0.416 e. The van der Waals surface area contributed by atoms with Gasteiger partial charge in [-0.3, -0.25) is 9.59 Å². The molecule has 0 atom stereocenters. The molecule has 0 aromatic heterocycles. The number of allylic oxidation sites excluding steroid dienone is 3. The number of likely N-dealkylation sites (tertiary alicyclic amines) is 1. The van der Waals surface area contributed by atoms with E-state index in [1.165, 1.54) is 11.1 Å². The molecule has 2 aliphatic heterocycles. The molecule has 310 valence electrons. The lowest BCUT2D eigenvalue weighted by Crippen LogP contribution is -2.45. The van der Waals surface area contributed by atoms with Crippen LogP contribution < -0.4 is 5.32 Å². The average molecular weight is 808 g/mol. The molecule has 1 spiro atoms. The second kappa shape index (κ2) is 24.2. The molecule has 1 fully saturated rings. The van der Waals surface area contributed by atoms with E-state index in [1.54, 1.807) is 42.1 Å². The number of amides is 2. The number of hydrogen-bond donors (Lipinski definition) is 1.